The van der Waals surface area contributed by atoms with Gasteiger partial charge in [-0.3, -0.25) is 10.1 Å². The fraction of sp³-hybridized carbons (Fsp3) is 0.158. The number of ether oxygens (including phenoxy) is 1. The van der Waals surface area contributed by atoms with Crippen molar-refractivity contribution in [3.05, 3.63) is 53.1 Å². The number of methoxy groups -OCH3 is 1. The highest BCUT2D eigenvalue weighted by Crippen LogP contribution is 2.29. The fourth-order valence-corrected chi connectivity index (χ4v) is 3.14. The molecule has 4 rings (SSSR count). The number of anilines is 1. The Morgan fingerprint density at radius 3 is 2.67 bits per heavy atom. The molecule has 2 aromatic heterocycles. The van der Waals surface area contributed by atoms with E-state index in [2.05, 4.69) is 20.5 Å². The minimum atomic E-state index is -0.325. The second-order valence-corrected chi connectivity index (χ2v) is 6.33. The summed E-state index contributed by atoms with van der Waals surface area (Å²) in [6, 6.07) is 12.4. The van der Waals surface area contributed by atoms with E-state index in [9.17, 15) is 4.79 Å². The van der Waals surface area contributed by atoms with Crippen LogP contribution in [-0.2, 0) is 6.54 Å². The van der Waals surface area contributed by atoms with Crippen LogP contribution in [0.4, 0.5) is 5.95 Å². The predicted molar refractivity (Wildman–Crippen MR) is 104 cm³/mol. The largest absolute Gasteiger partial charge is 0.497 e. The number of fused-ring (bicyclic) bond motifs is 3. The second-order valence-electron chi connectivity index (χ2n) is 5.90. The summed E-state index contributed by atoms with van der Waals surface area (Å²) >= 11 is 5.86. The first-order valence-corrected chi connectivity index (χ1v) is 8.76. The average molecular weight is 382 g/mol. The Morgan fingerprint density at radius 2 is 1.96 bits per heavy atom. The van der Waals surface area contributed by atoms with E-state index in [0.29, 0.717) is 28.3 Å². The van der Waals surface area contributed by atoms with Crippen LogP contribution in [0.5, 0.6) is 5.75 Å². The van der Waals surface area contributed by atoms with Crippen LogP contribution in [0.3, 0.4) is 0 Å². The molecule has 0 spiro atoms. The maximum atomic E-state index is 12.4. The zero-order chi connectivity index (χ0) is 19.0. The molecule has 1 amide bonds. The molecule has 4 aromatic rings. The summed E-state index contributed by atoms with van der Waals surface area (Å²) < 4.78 is 7.33. The molecule has 0 aliphatic carbocycles. The van der Waals surface area contributed by atoms with E-state index in [0.717, 1.165) is 16.7 Å². The van der Waals surface area contributed by atoms with E-state index in [1.54, 1.807) is 31.4 Å². The van der Waals surface area contributed by atoms with Gasteiger partial charge in [-0.2, -0.15) is 4.98 Å². The normalized spacial score (nSPS) is 11.1. The van der Waals surface area contributed by atoms with Gasteiger partial charge in [-0.1, -0.05) is 11.6 Å². The number of aromatic nitrogens is 4. The van der Waals surface area contributed by atoms with Crippen molar-refractivity contribution in [1.29, 1.82) is 0 Å². The molecule has 0 aliphatic rings. The molecule has 27 heavy (non-hydrogen) atoms. The molecule has 0 fully saturated rings. The molecule has 0 saturated carbocycles. The first-order valence-electron chi connectivity index (χ1n) is 8.38. The SMILES string of the molecule is CCn1c2ccc(OC)cc2c2nnc(NC(=O)c3ccc(Cl)cc3)nc21. The van der Waals surface area contributed by atoms with Crippen molar-refractivity contribution in [2.45, 2.75) is 13.5 Å². The van der Waals surface area contributed by atoms with Gasteiger partial charge in [0.1, 0.15) is 11.3 Å². The number of hydrogen-bond donors (Lipinski definition) is 1. The number of nitrogens with zero attached hydrogens (tertiary/aromatic N) is 4. The second kappa shape index (κ2) is 6.85. The van der Waals surface area contributed by atoms with Crippen LogP contribution < -0.4 is 10.1 Å². The van der Waals surface area contributed by atoms with Gasteiger partial charge in [-0.05, 0) is 49.4 Å². The Labute approximate surface area is 159 Å². The number of amides is 1. The quantitative estimate of drug-likeness (QED) is 0.579. The van der Waals surface area contributed by atoms with Gasteiger partial charge in [0.2, 0.25) is 0 Å². The van der Waals surface area contributed by atoms with Gasteiger partial charge in [0, 0.05) is 22.5 Å². The summed E-state index contributed by atoms with van der Waals surface area (Å²) in [7, 11) is 1.62. The van der Waals surface area contributed by atoms with Crippen molar-refractivity contribution < 1.29 is 9.53 Å². The van der Waals surface area contributed by atoms with E-state index >= 15 is 0 Å². The molecular weight excluding hydrogens is 366 g/mol. The highest BCUT2D eigenvalue weighted by Gasteiger charge is 2.16. The third kappa shape index (κ3) is 3.06. The highest BCUT2D eigenvalue weighted by molar-refractivity contribution is 6.30. The molecule has 0 radical (unpaired) electrons. The highest BCUT2D eigenvalue weighted by atomic mass is 35.5. The monoisotopic (exact) mass is 381 g/mol. The number of halogens is 1. The number of hydrogen-bond acceptors (Lipinski definition) is 5. The first-order chi connectivity index (χ1) is 13.1. The van der Waals surface area contributed by atoms with Crippen molar-refractivity contribution in [3.63, 3.8) is 0 Å². The molecule has 0 bridgehead atoms. The van der Waals surface area contributed by atoms with Gasteiger partial charge < -0.3 is 9.30 Å². The number of carbonyl (C=O) groups is 1. The molecule has 0 aliphatic heterocycles. The molecule has 1 N–H and O–H groups in total. The van der Waals surface area contributed by atoms with Gasteiger partial charge in [0.05, 0.1) is 12.6 Å². The van der Waals surface area contributed by atoms with Crippen LogP contribution in [-0.4, -0.2) is 32.8 Å². The van der Waals surface area contributed by atoms with Crippen LogP contribution >= 0.6 is 11.6 Å². The molecule has 0 saturated heterocycles. The Bertz CT molecular complexity index is 1150. The van der Waals surface area contributed by atoms with Crippen molar-refractivity contribution in [2.75, 3.05) is 12.4 Å². The Kier molecular flexibility index (Phi) is 4.37. The van der Waals surface area contributed by atoms with Crippen molar-refractivity contribution in [1.82, 2.24) is 19.7 Å². The number of benzene rings is 2. The summed E-state index contributed by atoms with van der Waals surface area (Å²) in [5.74, 6) is 0.556. The van der Waals surface area contributed by atoms with Crippen LogP contribution in [0.15, 0.2) is 42.5 Å². The van der Waals surface area contributed by atoms with E-state index in [1.807, 2.05) is 29.7 Å². The van der Waals surface area contributed by atoms with E-state index in [-0.39, 0.29) is 11.9 Å². The van der Waals surface area contributed by atoms with Gasteiger partial charge in [0.15, 0.2) is 5.65 Å². The molecule has 2 aromatic carbocycles. The van der Waals surface area contributed by atoms with E-state index in [1.165, 1.54) is 0 Å². The van der Waals surface area contributed by atoms with Crippen LogP contribution in [0.2, 0.25) is 5.02 Å². The standard InChI is InChI=1S/C19H16ClN5O2/c1-3-25-15-9-8-13(27-2)10-14(15)16-17(25)21-19(24-23-16)22-18(26)11-4-6-12(20)7-5-11/h4-10H,3H2,1-2H3,(H,21,22,24,26). The minimum Gasteiger partial charge on any atom is -0.497 e. The summed E-state index contributed by atoms with van der Waals surface area (Å²) in [4.78, 5) is 16.9. The number of rotatable bonds is 4. The lowest BCUT2D eigenvalue weighted by Crippen LogP contribution is -2.15. The fourth-order valence-electron chi connectivity index (χ4n) is 3.01. The summed E-state index contributed by atoms with van der Waals surface area (Å²) in [5, 5.41) is 12.5. The van der Waals surface area contributed by atoms with Gasteiger partial charge in [-0.15, -0.1) is 10.2 Å². The van der Waals surface area contributed by atoms with Crippen LogP contribution in [0.25, 0.3) is 22.1 Å². The average Bonchev–Trinajstić information content (AvgIpc) is 3.00. The number of aryl methyl sites for hydroxylation is 1. The Balaban J connectivity index is 1.76. The summed E-state index contributed by atoms with van der Waals surface area (Å²) in [6.45, 7) is 2.73. The third-order valence-corrected chi connectivity index (χ3v) is 4.57. The Morgan fingerprint density at radius 1 is 1.19 bits per heavy atom. The smallest absolute Gasteiger partial charge is 0.258 e. The lowest BCUT2D eigenvalue weighted by Gasteiger charge is -2.05. The van der Waals surface area contributed by atoms with E-state index < -0.39 is 0 Å². The molecule has 136 valence electrons. The molecule has 2 heterocycles. The van der Waals surface area contributed by atoms with Crippen molar-refractivity contribution >= 4 is 45.5 Å². The third-order valence-electron chi connectivity index (χ3n) is 4.32. The predicted octanol–water partition coefficient (Wildman–Crippen LogP) is 3.91. The molecule has 7 nitrogen and oxygen atoms in total. The van der Waals surface area contributed by atoms with Gasteiger partial charge in [-0.25, -0.2) is 0 Å². The minimum absolute atomic E-state index is 0.145. The zero-order valence-corrected chi connectivity index (χ0v) is 15.5. The summed E-state index contributed by atoms with van der Waals surface area (Å²) in [6.07, 6.45) is 0. The molecule has 0 atom stereocenters. The topological polar surface area (TPSA) is 81.9 Å². The van der Waals surface area contributed by atoms with Gasteiger partial charge >= 0.3 is 0 Å². The first kappa shape index (κ1) is 17.2. The number of nitrogens with one attached hydrogen (secondary N) is 1. The van der Waals surface area contributed by atoms with Crippen LogP contribution in [0.1, 0.15) is 17.3 Å². The maximum absolute atomic E-state index is 12.4. The van der Waals surface area contributed by atoms with E-state index in [4.69, 9.17) is 16.3 Å². The maximum Gasteiger partial charge on any atom is 0.258 e. The molecular formula is C19H16ClN5O2. The van der Waals surface area contributed by atoms with Crippen LogP contribution in [0, 0.1) is 0 Å². The molecule has 0 unspecified atom stereocenters. The Hall–Kier alpha value is -3.19. The summed E-state index contributed by atoms with van der Waals surface area (Å²) in [5.41, 5.74) is 2.76. The zero-order valence-electron chi connectivity index (χ0n) is 14.7. The number of carbonyl (C=O) groups excluding carboxylic acids is 1. The molecule has 8 heteroatoms. The van der Waals surface area contributed by atoms with Crippen molar-refractivity contribution in [3.8, 4) is 5.75 Å². The lowest BCUT2D eigenvalue weighted by atomic mass is 10.2. The lowest BCUT2D eigenvalue weighted by molar-refractivity contribution is 0.102. The van der Waals surface area contributed by atoms with Gasteiger partial charge in [0.25, 0.3) is 11.9 Å². The van der Waals surface area contributed by atoms with Crippen molar-refractivity contribution in [2.24, 2.45) is 0 Å².